The van der Waals surface area contributed by atoms with Crippen LogP contribution in [0, 0.1) is 11.7 Å². The average molecular weight is 604 g/mol. The van der Waals surface area contributed by atoms with E-state index in [0.29, 0.717) is 16.1 Å². The normalized spacial score (nSPS) is 12.7. The lowest BCUT2D eigenvalue weighted by molar-refractivity contribution is -0.150. The lowest BCUT2D eigenvalue weighted by Gasteiger charge is -2.24. The molecule has 2 aromatic carbocycles. The number of hydrazine groups is 1. The first-order chi connectivity index (χ1) is 19.8. The second kappa shape index (κ2) is 14.1. The molecule has 2 atom stereocenters. The lowest BCUT2D eigenvalue weighted by atomic mass is 10.0. The number of hydrogen-bond acceptors (Lipinski definition) is 9. The summed E-state index contributed by atoms with van der Waals surface area (Å²) in [4.78, 5) is 48.8. The van der Waals surface area contributed by atoms with Crippen LogP contribution in [0.1, 0.15) is 47.3 Å². The van der Waals surface area contributed by atoms with Gasteiger partial charge in [0.1, 0.15) is 23.2 Å². The molecule has 0 aliphatic heterocycles. The van der Waals surface area contributed by atoms with Crippen molar-refractivity contribution < 1.29 is 38.5 Å². The number of carbonyl (C=O) groups excluding carboxylic acids is 3. The fraction of sp³-hybridized carbons (Fsp3) is 0.321. The van der Waals surface area contributed by atoms with Crippen molar-refractivity contribution in [3.05, 3.63) is 76.3 Å². The van der Waals surface area contributed by atoms with Crippen LogP contribution in [-0.2, 0) is 27.6 Å². The number of benzene rings is 2. The molecule has 0 aliphatic carbocycles. The van der Waals surface area contributed by atoms with Gasteiger partial charge in [0.25, 0.3) is 5.91 Å². The smallest absolute Gasteiger partial charge is 0.333 e. The second-order valence-corrected chi connectivity index (χ2v) is 10.3. The number of nitrogens with zero attached hydrogens (tertiary/aromatic N) is 3. The first-order valence-corrected chi connectivity index (χ1v) is 13.2. The maximum atomic E-state index is 14.3. The van der Waals surface area contributed by atoms with Gasteiger partial charge >= 0.3 is 11.9 Å². The molecule has 0 radical (unpaired) electrons. The van der Waals surface area contributed by atoms with Crippen LogP contribution in [0.5, 0.6) is 0 Å². The molecule has 2 unspecified atom stereocenters. The summed E-state index contributed by atoms with van der Waals surface area (Å²) in [5, 5.41) is 24.8. The molecule has 3 rings (SSSR count). The number of aromatic nitrogens is 2. The zero-order chi connectivity index (χ0) is 31.1. The number of nitrogens with two attached hydrogens (primary N) is 1. The van der Waals surface area contributed by atoms with Gasteiger partial charge in [-0.2, -0.15) is 5.10 Å². The van der Waals surface area contributed by atoms with E-state index in [4.69, 9.17) is 22.1 Å². The van der Waals surface area contributed by atoms with Crippen LogP contribution >= 0.6 is 11.6 Å². The van der Waals surface area contributed by atoms with Gasteiger partial charge in [-0.15, -0.1) is 0 Å². The number of carboxylic acids is 1. The van der Waals surface area contributed by atoms with Crippen molar-refractivity contribution in [1.82, 2.24) is 20.2 Å². The Morgan fingerprint density at radius 3 is 2.40 bits per heavy atom. The van der Waals surface area contributed by atoms with E-state index in [9.17, 15) is 33.8 Å². The van der Waals surface area contributed by atoms with Gasteiger partial charge in [0.15, 0.2) is 18.6 Å². The predicted octanol–water partition coefficient (Wildman–Crippen LogP) is 2.62. The van der Waals surface area contributed by atoms with Crippen molar-refractivity contribution in [2.45, 2.75) is 46.2 Å². The van der Waals surface area contributed by atoms with Crippen molar-refractivity contribution in [2.75, 3.05) is 6.54 Å². The highest BCUT2D eigenvalue weighted by atomic mass is 35.5. The molecule has 14 heteroatoms. The van der Waals surface area contributed by atoms with Crippen molar-refractivity contribution in [1.29, 1.82) is 0 Å². The summed E-state index contributed by atoms with van der Waals surface area (Å²) in [6, 6.07) is 11.0. The van der Waals surface area contributed by atoms with Gasteiger partial charge in [0, 0.05) is 30.1 Å². The van der Waals surface area contributed by atoms with E-state index in [1.807, 2.05) is 0 Å². The highest BCUT2D eigenvalue weighted by molar-refractivity contribution is 6.30. The minimum Gasteiger partial charge on any atom is -0.479 e. The number of ether oxygens (including phenoxy) is 1. The molecule has 224 valence electrons. The number of hydrogen-bond donors (Lipinski definition) is 4. The highest BCUT2D eigenvalue weighted by Gasteiger charge is 2.25. The quantitative estimate of drug-likeness (QED) is 0.129. The lowest BCUT2D eigenvalue weighted by Crippen LogP contribution is -2.47. The summed E-state index contributed by atoms with van der Waals surface area (Å²) < 4.78 is 20.5. The van der Waals surface area contributed by atoms with Crippen molar-refractivity contribution in [3.8, 4) is 11.1 Å². The summed E-state index contributed by atoms with van der Waals surface area (Å²) >= 11 is 5.99. The van der Waals surface area contributed by atoms with E-state index in [0.717, 1.165) is 9.69 Å². The molecule has 0 saturated carbocycles. The number of nitrogens with one attached hydrogen (secondary N) is 1. The maximum absolute atomic E-state index is 14.3. The number of esters is 1. The zero-order valence-corrected chi connectivity index (χ0v) is 23.8. The summed E-state index contributed by atoms with van der Waals surface area (Å²) in [6.45, 7) is 3.60. The Morgan fingerprint density at radius 2 is 1.81 bits per heavy atom. The number of rotatable bonds is 13. The molecule has 12 nitrogen and oxygen atoms in total. The molecule has 0 aliphatic rings. The molecule has 0 bridgehead atoms. The number of aliphatic hydroxyl groups is 1. The Balaban J connectivity index is 1.83. The Bertz CT molecular complexity index is 1460. The Labute approximate surface area is 245 Å². The Morgan fingerprint density at radius 1 is 1.14 bits per heavy atom. The van der Waals surface area contributed by atoms with Crippen LogP contribution in [0.4, 0.5) is 4.39 Å². The number of aliphatic carboxylic acids is 1. The SMILES string of the molecule is CC(=O)c1cc(C(=O)NN(Cc2ccc(-c3cc(Cl)ccc3F)cc2)CC(O)C(=O)O)n(COC(=O)C(N)C(C)C)n1. The minimum absolute atomic E-state index is 0.0691. The molecule has 3 aromatic rings. The second-order valence-electron chi connectivity index (χ2n) is 9.83. The van der Waals surface area contributed by atoms with Crippen LogP contribution in [-0.4, -0.2) is 67.3 Å². The van der Waals surface area contributed by atoms with Crippen LogP contribution in [0.25, 0.3) is 11.1 Å². The van der Waals surface area contributed by atoms with Crippen LogP contribution in [0.15, 0.2) is 48.5 Å². The first-order valence-electron chi connectivity index (χ1n) is 12.8. The van der Waals surface area contributed by atoms with Crippen molar-refractivity contribution >= 4 is 35.2 Å². The molecule has 1 heterocycles. The monoisotopic (exact) mass is 603 g/mol. The highest BCUT2D eigenvalue weighted by Crippen LogP contribution is 2.26. The Hall–Kier alpha value is -4.17. The maximum Gasteiger partial charge on any atom is 0.333 e. The van der Waals surface area contributed by atoms with Crippen LogP contribution in [0.2, 0.25) is 5.02 Å². The molecule has 1 amide bonds. The van der Waals surface area contributed by atoms with E-state index < -0.39 is 54.9 Å². The third-order valence-electron chi connectivity index (χ3n) is 6.20. The topological polar surface area (TPSA) is 177 Å². The van der Waals surface area contributed by atoms with E-state index in [2.05, 4.69) is 10.5 Å². The molecule has 42 heavy (non-hydrogen) atoms. The molecule has 1 aromatic heterocycles. The van der Waals surface area contributed by atoms with Crippen LogP contribution in [0.3, 0.4) is 0 Å². The summed E-state index contributed by atoms with van der Waals surface area (Å²) in [5.41, 5.74) is 9.45. The van der Waals surface area contributed by atoms with Gasteiger partial charge < -0.3 is 20.7 Å². The Kier molecular flexibility index (Phi) is 10.9. The number of Topliss-reactive ketones (excluding diaryl/α,β-unsaturated/α-hetero) is 1. The van der Waals surface area contributed by atoms with Gasteiger partial charge in [-0.3, -0.25) is 19.8 Å². The number of aliphatic hydroxyl groups excluding tert-OH is 1. The van der Waals surface area contributed by atoms with E-state index in [-0.39, 0.29) is 29.4 Å². The van der Waals surface area contributed by atoms with E-state index in [1.54, 1.807) is 38.1 Å². The first kappa shape index (κ1) is 32.3. The largest absolute Gasteiger partial charge is 0.479 e. The zero-order valence-electron chi connectivity index (χ0n) is 23.1. The number of carboxylic acid groups (broad SMARTS) is 1. The molecule has 0 saturated heterocycles. The van der Waals surface area contributed by atoms with Crippen molar-refractivity contribution in [2.24, 2.45) is 11.7 Å². The number of ketones is 1. The van der Waals surface area contributed by atoms with Gasteiger partial charge in [-0.25, -0.2) is 18.9 Å². The van der Waals surface area contributed by atoms with Gasteiger partial charge in [-0.05, 0) is 35.2 Å². The fourth-order valence-electron chi connectivity index (χ4n) is 3.73. The third kappa shape index (κ3) is 8.42. The molecule has 5 N–H and O–H groups in total. The molecule has 0 fully saturated rings. The van der Waals surface area contributed by atoms with E-state index >= 15 is 0 Å². The summed E-state index contributed by atoms with van der Waals surface area (Å²) in [7, 11) is 0. The standard InChI is InChI=1S/C28H31ClFN5O7/c1-15(2)25(31)28(41)42-14-35-23(11-22(32-35)16(3)36)26(38)33-34(13-24(37)27(39)40)12-17-4-6-18(7-5-17)20-10-19(29)8-9-21(20)30/h4-11,15,24-25,37H,12-14,31H2,1-3H3,(H,33,38)(H,39,40). The van der Waals surface area contributed by atoms with Gasteiger partial charge in [0.05, 0.1) is 6.54 Å². The van der Waals surface area contributed by atoms with Crippen molar-refractivity contribution in [3.63, 3.8) is 0 Å². The summed E-state index contributed by atoms with van der Waals surface area (Å²) in [5.74, 6) is -4.21. The molecular formula is C28H31ClFN5O7. The number of amides is 1. The molecule has 0 spiro atoms. The number of carbonyl (C=O) groups is 4. The van der Waals surface area contributed by atoms with Gasteiger partial charge in [-0.1, -0.05) is 49.7 Å². The predicted molar refractivity (Wildman–Crippen MR) is 150 cm³/mol. The van der Waals surface area contributed by atoms with E-state index in [1.165, 1.54) is 31.2 Å². The fourth-order valence-corrected chi connectivity index (χ4v) is 3.90. The third-order valence-corrected chi connectivity index (χ3v) is 6.43. The summed E-state index contributed by atoms with van der Waals surface area (Å²) in [6.07, 6.45) is -1.86. The number of halogens is 2. The minimum atomic E-state index is -1.86. The van der Waals surface area contributed by atoms with Crippen LogP contribution < -0.4 is 11.2 Å². The van der Waals surface area contributed by atoms with Gasteiger partial charge in [0.2, 0.25) is 0 Å². The molecular weight excluding hydrogens is 573 g/mol. The average Bonchev–Trinajstić information content (AvgIpc) is 3.38.